The zero-order valence-corrected chi connectivity index (χ0v) is 11.4. The number of hydrogen-bond acceptors (Lipinski definition) is 3. The van der Waals surface area contributed by atoms with Gasteiger partial charge in [-0.1, -0.05) is 6.92 Å². The second kappa shape index (κ2) is 4.87. The summed E-state index contributed by atoms with van der Waals surface area (Å²) in [4.78, 5) is 7.80. The Morgan fingerprint density at radius 3 is 2.06 bits per heavy atom. The average Bonchev–Trinajstić information content (AvgIpc) is 2.78. The Bertz CT molecular complexity index is 246. The maximum absolute atomic E-state index is 2.71. The molecule has 3 fully saturated rings. The molecule has 3 rings (SSSR count). The highest BCUT2D eigenvalue weighted by molar-refractivity contribution is 4.91. The second-order valence-corrected chi connectivity index (χ2v) is 6.70. The van der Waals surface area contributed by atoms with Gasteiger partial charge < -0.3 is 4.90 Å². The summed E-state index contributed by atoms with van der Waals surface area (Å²) in [5.41, 5.74) is 0. The van der Waals surface area contributed by atoms with E-state index in [0.717, 1.165) is 17.8 Å². The quantitative estimate of drug-likeness (QED) is 0.714. The number of rotatable bonds is 2. The SMILES string of the molecule is CC1C[C@@H]2CN(CN3CCN(C)CC3)C[C@@H]2C1. The minimum atomic E-state index is 0.996. The van der Waals surface area contributed by atoms with Gasteiger partial charge in [-0.05, 0) is 37.6 Å². The van der Waals surface area contributed by atoms with Crippen LogP contribution in [0.4, 0.5) is 0 Å². The van der Waals surface area contributed by atoms with Crippen molar-refractivity contribution >= 4 is 0 Å². The van der Waals surface area contributed by atoms with E-state index >= 15 is 0 Å². The second-order valence-electron chi connectivity index (χ2n) is 6.70. The lowest BCUT2D eigenvalue weighted by Gasteiger charge is -2.35. The van der Waals surface area contributed by atoms with Gasteiger partial charge in [-0.3, -0.25) is 9.80 Å². The summed E-state index contributed by atoms with van der Waals surface area (Å²) in [6.45, 7) is 11.4. The van der Waals surface area contributed by atoms with Crippen LogP contribution in [-0.4, -0.2) is 67.7 Å². The molecular weight excluding hydrogens is 210 g/mol. The van der Waals surface area contributed by atoms with Crippen molar-refractivity contribution in [3.8, 4) is 0 Å². The number of piperazine rings is 1. The predicted octanol–water partition coefficient (Wildman–Crippen LogP) is 1.17. The minimum Gasteiger partial charge on any atom is -0.304 e. The van der Waals surface area contributed by atoms with Crippen molar-refractivity contribution in [2.24, 2.45) is 17.8 Å². The third-order valence-corrected chi connectivity index (χ3v) is 5.06. The number of likely N-dealkylation sites (tertiary alicyclic amines) is 1. The minimum absolute atomic E-state index is 0.996. The summed E-state index contributed by atoms with van der Waals surface area (Å²) >= 11 is 0. The Kier molecular flexibility index (Phi) is 3.42. The topological polar surface area (TPSA) is 9.72 Å². The molecule has 2 heterocycles. The number of fused-ring (bicyclic) bond motifs is 1. The van der Waals surface area contributed by atoms with Gasteiger partial charge >= 0.3 is 0 Å². The molecule has 0 spiro atoms. The summed E-state index contributed by atoms with van der Waals surface area (Å²) in [5.74, 6) is 3.05. The van der Waals surface area contributed by atoms with Gasteiger partial charge in [-0.2, -0.15) is 0 Å². The van der Waals surface area contributed by atoms with E-state index in [9.17, 15) is 0 Å². The Labute approximate surface area is 106 Å². The highest BCUT2D eigenvalue weighted by Gasteiger charge is 2.39. The van der Waals surface area contributed by atoms with Gasteiger partial charge in [0, 0.05) is 39.3 Å². The third-order valence-electron chi connectivity index (χ3n) is 5.06. The molecule has 2 aliphatic heterocycles. The fourth-order valence-corrected chi connectivity index (χ4v) is 4.09. The number of nitrogens with zero attached hydrogens (tertiary/aromatic N) is 3. The van der Waals surface area contributed by atoms with E-state index in [1.807, 2.05) is 0 Å². The molecule has 98 valence electrons. The molecule has 0 N–H and O–H groups in total. The Balaban J connectivity index is 1.45. The molecule has 0 aromatic carbocycles. The van der Waals surface area contributed by atoms with Crippen molar-refractivity contribution in [3.63, 3.8) is 0 Å². The van der Waals surface area contributed by atoms with E-state index in [1.54, 1.807) is 0 Å². The third kappa shape index (κ3) is 2.67. The normalized spacial score (nSPS) is 40.9. The van der Waals surface area contributed by atoms with Gasteiger partial charge in [0.1, 0.15) is 0 Å². The molecule has 0 radical (unpaired) electrons. The van der Waals surface area contributed by atoms with E-state index in [4.69, 9.17) is 0 Å². The maximum atomic E-state index is 2.71. The van der Waals surface area contributed by atoms with E-state index in [2.05, 4.69) is 28.7 Å². The Morgan fingerprint density at radius 1 is 0.882 bits per heavy atom. The zero-order chi connectivity index (χ0) is 11.8. The molecule has 3 atom stereocenters. The van der Waals surface area contributed by atoms with Gasteiger partial charge in [0.05, 0.1) is 6.67 Å². The molecule has 3 heteroatoms. The first-order chi connectivity index (χ1) is 8.20. The largest absolute Gasteiger partial charge is 0.304 e. The Hall–Kier alpha value is -0.120. The van der Waals surface area contributed by atoms with Crippen LogP contribution in [0.2, 0.25) is 0 Å². The monoisotopic (exact) mass is 237 g/mol. The molecule has 0 aromatic heterocycles. The molecule has 2 saturated heterocycles. The molecule has 17 heavy (non-hydrogen) atoms. The molecule has 3 nitrogen and oxygen atoms in total. The first-order valence-electron chi connectivity index (χ1n) is 7.34. The zero-order valence-electron chi connectivity index (χ0n) is 11.4. The molecule has 0 bridgehead atoms. The van der Waals surface area contributed by atoms with E-state index in [0.29, 0.717) is 0 Å². The van der Waals surface area contributed by atoms with Crippen LogP contribution in [0.5, 0.6) is 0 Å². The standard InChI is InChI=1S/C14H27N3/c1-12-7-13-9-17(10-14(13)8-12)11-16-5-3-15(2)4-6-16/h12-14H,3-11H2,1-2H3/t12?,13-,14+. The summed E-state index contributed by atoms with van der Waals surface area (Å²) in [6.07, 6.45) is 2.98. The molecule has 1 unspecified atom stereocenters. The molecule has 1 aliphatic carbocycles. The van der Waals surface area contributed by atoms with E-state index < -0.39 is 0 Å². The van der Waals surface area contributed by atoms with Gasteiger partial charge in [0.15, 0.2) is 0 Å². The van der Waals surface area contributed by atoms with Crippen LogP contribution in [0.1, 0.15) is 19.8 Å². The van der Waals surface area contributed by atoms with Crippen molar-refractivity contribution in [3.05, 3.63) is 0 Å². The highest BCUT2D eigenvalue weighted by atomic mass is 15.4. The van der Waals surface area contributed by atoms with E-state index in [1.165, 1.54) is 58.8 Å². The molecule has 0 aromatic rings. The van der Waals surface area contributed by atoms with Crippen LogP contribution in [0.15, 0.2) is 0 Å². The predicted molar refractivity (Wildman–Crippen MR) is 70.9 cm³/mol. The lowest BCUT2D eigenvalue weighted by Crippen LogP contribution is -2.48. The summed E-state index contributed by atoms with van der Waals surface area (Å²) in [7, 11) is 2.24. The summed E-state index contributed by atoms with van der Waals surface area (Å²) < 4.78 is 0. The van der Waals surface area contributed by atoms with Crippen LogP contribution in [0.25, 0.3) is 0 Å². The van der Waals surface area contributed by atoms with E-state index in [-0.39, 0.29) is 0 Å². The van der Waals surface area contributed by atoms with Gasteiger partial charge in [0.25, 0.3) is 0 Å². The van der Waals surface area contributed by atoms with Crippen LogP contribution in [0.3, 0.4) is 0 Å². The van der Waals surface area contributed by atoms with Gasteiger partial charge in [0.2, 0.25) is 0 Å². The van der Waals surface area contributed by atoms with Gasteiger partial charge in [-0.15, -0.1) is 0 Å². The lowest BCUT2D eigenvalue weighted by atomic mass is 10.0. The van der Waals surface area contributed by atoms with Crippen molar-refractivity contribution in [2.45, 2.75) is 19.8 Å². The average molecular weight is 237 g/mol. The van der Waals surface area contributed by atoms with Crippen molar-refractivity contribution in [1.82, 2.24) is 14.7 Å². The molecular formula is C14H27N3. The van der Waals surface area contributed by atoms with Crippen LogP contribution in [-0.2, 0) is 0 Å². The maximum Gasteiger partial charge on any atom is 0.0507 e. The van der Waals surface area contributed by atoms with Gasteiger partial charge in [-0.25, -0.2) is 0 Å². The molecule has 3 aliphatic rings. The fraction of sp³-hybridized carbons (Fsp3) is 1.00. The fourth-order valence-electron chi connectivity index (χ4n) is 4.09. The van der Waals surface area contributed by atoms with Crippen molar-refractivity contribution in [2.75, 3.05) is 53.0 Å². The van der Waals surface area contributed by atoms with Crippen LogP contribution < -0.4 is 0 Å². The number of likely N-dealkylation sites (N-methyl/N-ethyl adjacent to an activating group) is 1. The molecule has 0 amide bonds. The molecule has 1 saturated carbocycles. The van der Waals surface area contributed by atoms with Crippen LogP contribution in [0, 0.1) is 17.8 Å². The highest BCUT2D eigenvalue weighted by Crippen LogP contribution is 2.41. The van der Waals surface area contributed by atoms with Crippen LogP contribution >= 0.6 is 0 Å². The first kappa shape index (κ1) is 11.9. The Morgan fingerprint density at radius 2 is 1.47 bits per heavy atom. The smallest absolute Gasteiger partial charge is 0.0507 e. The summed E-state index contributed by atoms with van der Waals surface area (Å²) in [6, 6.07) is 0. The summed E-state index contributed by atoms with van der Waals surface area (Å²) in [5, 5.41) is 0. The lowest BCUT2D eigenvalue weighted by molar-refractivity contribution is 0.0910. The number of hydrogen-bond donors (Lipinski definition) is 0. The van der Waals surface area contributed by atoms with Crippen molar-refractivity contribution < 1.29 is 0 Å². The first-order valence-corrected chi connectivity index (χ1v) is 7.34. The van der Waals surface area contributed by atoms with Crippen molar-refractivity contribution in [1.29, 1.82) is 0 Å².